The van der Waals surface area contributed by atoms with Gasteiger partial charge in [-0.05, 0) is 6.92 Å². The van der Waals surface area contributed by atoms with E-state index in [2.05, 4.69) is 9.68 Å². The maximum Gasteiger partial charge on any atom is 0.183 e. The monoisotopic (exact) mass is 108 g/mol. The molecule has 3 nitrogen and oxygen atoms in total. The van der Waals surface area contributed by atoms with Crippen LogP contribution in [-0.4, -0.2) is 5.16 Å². The number of aromatic nitrogens is 1. The molecule has 0 spiro atoms. The average Bonchev–Trinajstić information content (AvgIpc) is 2.14. The second kappa shape index (κ2) is 1.66. The van der Waals surface area contributed by atoms with Crippen LogP contribution in [0.15, 0.2) is 10.6 Å². The average molecular weight is 108 g/mol. The summed E-state index contributed by atoms with van der Waals surface area (Å²) in [6, 6.07) is 3.43. The van der Waals surface area contributed by atoms with Crippen LogP contribution >= 0.6 is 0 Å². The molecule has 1 aromatic heterocycles. The van der Waals surface area contributed by atoms with E-state index in [1.807, 2.05) is 6.07 Å². The summed E-state index contributed by atoms with van der Waals surface area (Å²) in [6.45, 7) is 1.74. The summed E-state index contributed by atoms with van der Waals surface area (Å²) in [6.07, 6.45) is 0. The molecule has 0 saturated heterocycles. The van der Waals surface area contributed by atoms with Gasteiger partial charge >= 0.3 is 0 Å². The van der Waals surface area contributed by atoms with Crippen LogP contribution in [0.2, 0.25) is 0 Å². The highest BCUT2D eigenvalue weighted by molar-refractivity contribution is 5.18. The van der Waals surface area contributed by atoms with Gasteiger partial charge in [-0.2, -0.15) is 5.26 Å². The second-order valence-corrected chi connectivity index (χ2v) is 1.43. The lowest BCUT2D eigenvalue weighted by Crippen LogP contribution is -1.64. The molecule has 0 N–H and O–H groups in total. The summed E-state index contributed by atoms with van der Waals surface area (Å²) in [5.41, 5.74) is 0.336. The van der Waals surface area contributed by atoms with Crippen molar-refractivity contribution in [3.63, 3.8) is 0 Å². The smallest absolute Gasteiger partial charge is 0.183 e. The van der Waals surface area contributed by atoms with Gasteiger partial charge in [0.05, 0.1) is 0 Å². The van der Waals surface area contributed by atoms with Crippen LogP contribution in [0, 0.1) is 18.3 Å². The quantitative estimate of drug-likeness (QED) is 0.495. The Bertz CT molecular complexity index is 221. The van der Waals surface area contributed by atoms with Crippen molar-refractivity contribution in [3.8, 4) is 6.07 Å². The van der Waals surface area contributed by atoms with Crippen molar-refractivity contribution in [2.75, 3.05) is 0 Å². The van der Waals surface area contributed by atoms with Crippen LogP contribution in [0.3, 0.4) is 0 Å². The fourth-order valence-corrected chi connectivity index (χ4v) is 0.419. The van der Waals surface area contributed by atoms with Crippen molar-refractivity contribution in [1.29, 1.82) is 5.26 Å². The van der Waals surface area contributed by atoms with Crippen molar-refractivity contribution < 1.29 is 4.52 Å². The van der Waals surface area contributed by atoms with E-state index in [0.717, 1.165) is 0 Å². The number of hydrogen-bond acceptors (Lipinski definition) is 3. The van der Waals surface area contributed by atoms with Gasteiger partial charge in [-0.3, -0.25) is 0 Å². The van der Waals surface area contributed by atoms with Gasteiger partial charge in [0, 0.05) is 6.07 Å². The third-order valence-corrected chi connectivity index (χ3v) is 0.743. The molecular formula is C5H4N2O. The molecule has 0 unspecified atom stereocenters. The summed E-state index contributed by atoms with van der Waals surface area (Å²) in [4.78, 5) is 0. The summed E-state index contributed by atoms with van der Waals surface area (Å²) < 4.78 is 4.58. The maximum atomic E-state index is 8.18. The Hall–Kier alpha value is -1.30. The molecule has 0 aliphatic carbocycles. The van der Waals surface area contributed by atoms with Gasteiger partial charge in [0.2, 0.25) is 0 Å². The first kappa shape index (κ1) is 4.85. The lowest BCUT2D eigenvalue weighted by atomic mass is 10.4. The molecule has 3 heteroatoms. The Morgan fingerprint density at radius 3 is 2.88 bits per heavy atom. The Kier molecular flexibility index (Phi) is 1.01. The Morgan fingerprint density at radius 1 is 1.88 bits per heavy atom. The van der Waals surface area contributed by atoms with Gasteiger partial charge in [-0.25, -0.2) is 0 Å². The third kappa shape index (κ3) is 0.684. The fourth-order valence-electron chi connectivity index (χ4n) is 0.419. The third-order valence-electron chi connectivity index (χ3n) is 0.743. The van der Waals surface area contributed by atoms with E-state index in [-0.39, 0.29) is 0 Å². The predicted octanol–water partition coefficient (Wildman–Crippen LogP) is 0.855. The molecule has 0 bridgehead atoms. The van der Waals surface area contributed by atoms with Crippen LogP contribution in [0.25, 0.3) is 0 Å². The van der Waals surface area contributed by atoms with Crippen molar-refractivity contribution in [2.45, 2.75) is 6.92 Å². The van der Waals surface area contributed by atoms with Gasteiger partial charge in [0.25, 0.3) is 0 Å². The first-order chi connectivity index (χ1) is 3.83. The van der Waals surface area contributed by atoms with Gasteiger partial charge in [-0.1, -0.05) is 5.16 Å². The molecule has 1 rings (SSSR count). The minimum Gasteiger partial charge on any atom is -0.360 e. The molecule has 1 heterocycles. The summed E-state index contributed by atoms with van der Waals surface area (Å²) in [7, 11) is 0. The van der Waals surface area contributed by atoms with Crippen molar-refractivity contribution in [3.05, 3.63) is 17.5 Å². The molecule has 8 heavy (non-hydrogen) atoms. The highest BCUT2D eigenvalue weighted by Gasteiger charge is 1.93. The predicted molar refractivity (Wildman–Crippen MR) is 26.0 cm³/mol. The number of aryl methyl sites for hydroxylation is 1. The molecule has 0 amide bonds. The standard InChI is InChI=1S/C5H4N2O/c1-4-2-5(3-6)7-8-4/h2H,1H3. The van der Waals surface area contributed by atoms with E-state index >= 15 is 0 Å². The summed E-state index contributed by atoms with van der Waals surface area (Å²) >= 11 is 0. The molecule has 0 aromatic carbocycles. The Balaban J connectivity index is 3.05. The highest BCUT2D eigenvalue weighted by Crippen LogP contribution is 1.97. The molecule has 0 aliphatic rings. The lowest BCUT2D eigenvalue weighted by Gasteiger charge is -1.65. The van der Waals surface area contributed by atoms with Crippen LogP contribution in [0.4, 0.5) is 0 Å². The maximum absolute atomic E-state index is 8.18. The van der Waals surface area contributed by atoms with Crippen molar-refractivity contribution >= 4 is 0 Å². The zero-order valence-corrected chi connectivity index (χ0v) is 4.38. The first-order valence-corrected chi connectivity index (χ1v) is 2.16. The van der Waals surface area contributed by atoms with Crippen LogP contribution in [0.5, 0.6) is 0 Å². The zero-order chi connectivity index (χ0) is 5.98. The fraction of sp³-hybridized carbons (Fsp3) is 0.200. The van der Waals surface area contributed by atoms with Crippen LogP contribution in [-0.2, 0) is 0 Å². The SMILES string of the molecule is Cc1cc(C#N)no1. The van der Waals surface area contributed by atoms with Crippen molar-refractivity contribution in [2.24, 2.45) is 0 Å². The lowest BCUT2D eigenvalue weighted by molar-refractivity contribution is 0.395. The molecule has 40 valence electrons. The summed E-state index contributed by atoms with van der Waals surface area (Å²) in [5.74, 6) is 0.668. The van der Waals surface area contributed by atoms with E-state index in [0.29, 0.717) is 11.5 Å². The van der Waals surface area contributed by atoms with Crippen molar-refractivity contribution in [1.82, 2.24) is 5.16 Å². The van der Waals surface area contributed by atoms with Gasteiger partial charge in [0.1, 0.15) is 11.8 Å². The molecular weight excluding hydrogens is 104 g/mol. The summed E-state index contributed by atoms with van der Waals surface area (Å²) in [5, 5.41) is 11.6. The van der Waals surface area contributed by atoms with E-state index in [1.54, 1.807) is 13.0 Å². The van der Waals surface area contributed by atoms with Crippen LogP contribution in [0.1, 0.15) is 11.5 Å². The Labute approximate surface area is 46.5 Å². The number of nitriles is 1. The largest absolute Gasteiger partial charge is 0.360 e. The zero-order valence-electron chi connectivity index (χ0n) is 4.38. The molecule has 0 atom stereocenters. The van der Waals surface area contributed by atoms with Gasteiger partial charge in [0.15, 0.2) is 5.69 Å². The topological polar surface area (TPSA) is 49.8 Å². The number of hydrogen-bond donors (Lipinski definition) is 0. The molecule has 0 radical (unpaired) electrons. The van der Waals surface area contributed by atoms with E-state index in [9.17, 15) is 0 Å². The van der Waals surface area contributed by atoms with E-state index < -0.39 is 0 Å². The molecule has 0 aliphatic heterocycles. The molecule has 0 fully saturated rings. The Morgan fingerprint density at radius 2 is 2.62 bits per heavy atom. The molecule has 0 saturated carbocycles. The number of nitrogens with zero attached hydrogens (tertiary/aromatic N) is 2. The minimum atomic E-state index is 0.336. The number of rotatable bonds is 0. The second-order valence-electron chi connectivity index (χ2n) is 1.43. The van der Waals surface area contributed by atoms with Gasteiger partial charge < -0.3 is 4.52 Å². The highest BCUT2D eigenvalue weighted by atomic mass is 16.5. The normalized spacial score (nSPS) is 8.50. The van der Waals surface area contributed by atoms with E-state index in [1.165, 1.54) is 0 Å². The van der Waals surface area contributed by atoms with E-state index in [4.69, 9.17) is 5.26 Å². The van der Waals surface area contributed by atoms with Gasteiger partial charge in [-0.15, -0.1) is 0 Å². The molecule has 1 aromatic rings. The first-order valence-electron chi connectivity index (χ1n) is 2.16. The van der Waals surface area contributed by atoms with Crippen LogP contribution < -0.4 is 0 Å². The minimum absolute atomic E-state index is 0.336.